The molecule has 15 heterocycles. The minimum Gasteiger partial charge on any atom is -0.477 e. The number of aromatic nitrogens is 21. The van der Waals surface area contributed by atoms with Gasteiger partial charge in [0.2, 0.25) is 5.88 Å². The molecule has 1 aromatic carbocycles. The number of carbonyl (C=O) groups excluding carboxylic acids is 4. The first-order valence-corrected chi connectivity index (χ1v) is 42.2. The van der Waals surface area contributed by atoms with Crippen LogP contribution in [0.15, 0.2) is 209 Å². The zero-order valence-corrected chi connectivity index (χ0v) is 71.6. The Bertz CT molecular complexity index is 7460. The fourth-order valence-corrected chi connectivity index (χ4v) is 14.1. The Kier molecular flexibility index (Phi) is 24.1. The van der Waals surface area contributed by atoms with Gasteiger partial charge >= 0.3 is 0 Å². The maximum Gasteiger partial charge on any atom is 0.280 e. The molecule has 47 heteroatoms. The van der Waals surface area contributed by atoms with E-state index in [1.807, 2.05) is 23.9 Å². The molecule has 15 aromatic heterocycles. The van der Waals surface area contributed by atoms with E-state index >= 15 is 0 Å². The van der Waals surface area contributed by atoms with Crippen molar-refractivity contribution in [3.05, 3.63) is 265 Å². The van der Waals surface area contributed by atoms with Gasteiger partial charge in [0.15, 0.2) is 34.2 Å². The van der Waals surface area contributed by atoms with Gasteiger partial charge in [-0.05, 0) is 124 Å². The Morgan fingerprint density at radius 3 is 1.10 bits per heavy atom. The van der Waals surface area contributed by atoms with Gasteiger partial charge in [0.05, 0.1) is 61.8 Å². The number of hydrogen-bond donors (Lipinski definition) is 12. The number of rotatable bonds is 27. The lowest BCUT2D eigenvalue weighted by atomic mass is 10.3. The fourth-order valence-electron chi connectivity index (χ4n) is 14.1. The fraction of sp³-hybridized carbons (Fsp3) is 0.241. The van der Waals surface area contributed by atoms with E-state index in [9.17, 15) is 60.3 Å². The monoisotopic (exact) mass is 1830 g/mol. The summed E-state index contributed by atoms with van der Waals surface area (Å²) >= 11 is 0. The smallest absolute Gasteiger partial charge is 0.280 e. The summed E-state index contributed by atoms with van der Waals surface area (Å²) < 4.78 is 84.7. The van der Waals surface area contributed by atoms with Gasteiger partial charge in [-0.3, -0.25) is 61.3 Å². The van der Waals surface area contributed by atoms with Crippen molar-refractivity contribution in [3.8, 4) is 29.0 Å². The normalized spacial score (nSPS) is 16.6. The quantitative estimate of drug-likeness (QED) is 0.0215. The lowest BCUT2D eigenvalue weighted by Crippen LogP contribution is -2.27. The highest BCUT2D eigenvalue weighted by Crippen LogP contribution is 2.35. The molecular weight excluding hydrogens is 1750 g/mol. The maximum absolute atomic E-state index is 13.3. The van der Waals surface area contributed by atoms with Crippen LogP contribution < -0.4 is 90.8 Å². The van der Waals surface area contributed by atoms with Crippen LogP contribution in [0.1, 0.15) is 99.3 Å². The molecule has 0 spiro atoms. The molecule has 0 unspecified atom stereocenters. The first-order valence-electron chi connectivity index (χ1n) is 42.2. The summed E-state index contributed by atoms with van der Waals surface area (Å²) in [5.41, 5.74) is 2.17. The van der Waals surface area contributed by atoms with Crippen LogP contribution in [0, 0.1) is 11.6 Å². The number of nitrogens with one attached hydrogen (secondary N) is 12. The number of amides is 4. The van der Waals surface area contributed by atoms with Gasteiger partial charge in [0.1, 0.15) is 128 Å². The summed E-state index contributed by atoms with van der Waals surface area (Å²) in [5, 5.41) is 64.3. The molecule has 0 bridgehead atoms. The Balaban J connectivity index is 0.000000119. The summed E-state index contributed by atoms with van der Waals surface area (Å²) in [7, 11) is 6.81. The van der Waals surface area contributed by atoms with E-state index in [4.69, 9.17) is 4.74 Å². The predicted molar refractivity (Wildman–Crippen MR) is 483 cm³/mol. The van der Waals surface area contributed by atoms with Crippen LogP contribution in [0.2, 0.25) is 0 Å². The van der Waals surface area contributed by atoms with Crippen molar-refractivity contribution < 1.29 is 45.9 Å². The van der Waals surface area contributed by atoms with Gasteiger partial charge in [-0.25, -0.2) is 46.9 Å². The molecule has 12 N–H and O–H groups in total. The second kappa shape index (κ2) is 37.0. The van der Waals surface area contributed by atoms with Crippen molar-refractivity contribution in [1.82, 2.24) is 123 Å². The Morgan fingerprint density at radius 1 is 0.403 bits per heavy atom. The molecule has 16 aromatic rings. The van der Waals surface area contributed by atoms with Gasteiger partial charge in [-0.1, -0.05) is 0 Å². The highest BCUT2D eigenvalue weighted by Gasteiger charge is 2.42. The highest BCUT2D eigenvalue weighted by atomic mass is 19.1. The molecule has 684 valence electrons. The van der Waals surface area contributed by atoms with Crippen LogP contribution in [-0.4, -0.2) is 203 Å². The zero-order chi connectivity index (χ0) is 93.3. The topological polar surface area (TPSA) is 487 Å². The number of hydrogen-bond acceptors (Lipinski definition) is 29. The molecule has 6 atom stereocenters. The van der Waals surface area contributed by atoms with Crippen molar-refractivity contribution in [1.29, 1.82) is 0 Å². The standard InChI is InChI=1S/C22H22FN9O3.C22H22FN9O2.C22H20FN7O2.C21H18F2N8O2/c1-3-35-19-7-6-17(29-30-19)31-8-4-5-14(22(31)34)26-16-10-18(24-2)32-20(28-16)12(11-25-32)21(33)27-15-9-13(15)23;1-24-19-10-17(28-20-13(11-25-32(19)20)21(33)27-16-9-14(16)23)26-15-3-2-7-30(22(15)34)18-6-8-31(29-18)12-4-5-12;1-24-19-11-18(28-20-16(12-25-30(19)20)21(31)26-14-6-7-14)27-17-3-2-10-29(22(17)32)15-8-4-13(23)5-9-15;1-24-18-8-16(29-19-12(10-26-31(18)19)20(32)28-15-7-13(15)23)27-14-3-2-6-30(21(14)33)17-5-4-11(22)9-25-17/h4-8,10-11,13,15,24H,3,9H2,1-2H3,(H,26,28)(H,27,33);2-3,6-8,10-12,14,16,24H,4-5,9H2,1H3,(H,26,28)(H,27,33);2-5,8-12,14,24H,6-7H2,1H3,(H,26,31)(H,27,28);2-6,8-10,13,15,24H,7H2,1H3,(H,27,29)(H,28,32)/t13-,15+;14-,16+;;13-,15+/m11.1/s1. The van der Waals surface area contributed by atoms with Crippen LogP contribution in [0.5, 0.6) is 5.88 Å². The summed E-state index contributed by atoms with van der Waals surface area (Å²) in [6.45, 7) is 2.29. The van der Waals surface area contributed by atoms with E-state index in [1.165, 1.54) is 104 Å². The van der Waals surface area contributed by atoms with E-state index in [0.717, 1.165) is 31.9 Å². The molecule has 21 rings (SSSR count). The van der Waals surface area contributed by atoms with Crippen molar-refractivity contribution in [2.45, 2.75) is 101 Å². The van der Waals surface area contributed by atoms with Crippen LogP contribution in [0.4, 0.5) is 91.2 Å². The van der Waals surface area contributed by atoms with Crippen LogP contribution in [-0.2, 0) is 0 Å². The molecule has 4 amide bonds. The number of carbonyl (C=O) groups is 4. The average molecular weight is 1830 g/mol. The molecule has 5 saturated carbocycles. The second-order valence-electron chi connectivity index (χ2n) is 31.3. The minimum absolute atomic E-state index is 0.176. The van der Waals surface area contributed by atoms with Crippen molar-refractivity contribution in [3.63, 3.8) is 0 Å². The first-order chi connectivity index (χ1) is 65.0. The van der Waals surface area contributed by atoms with Gasteiger partial charge in [-0.2, -0.15) is 43.6 Å². The lowest BCUT2D eigenvalue weighted by molar-refractivity contribution is 0.0940. The number of anilines is 12. The Hall–Kier alpha value is -17.3. The number of alkyl halides is 3. The largest absolute Gasteiger partial charge is 0.477 e. The molecule has 42 nitrogen and oxygen atoms in total. The predicted octanol–water partition coefficient (Wildman–Crippen LogP) is 8.47. The van der Waals surface area contributed by atoms with Crippen molar-refractivity contribution in [2.24, 2.45) is 0 Å². The average Bonchev–Trinajstić information content (AvgIpc) is 1.69. The lowest BCUT2D eigenvalue weighted by Gasteiger charge is -2.12. The number of fused-ring (bicyclic) bond motifs is 4. The Morgan fingerprint density at radius 2 is 0.761 bits per heavy atom. The minimum atomic E-state index is -1.04. The summed E-state index contributed by atoms with van der Waals surface area (Å²) in [6, 6.07) is 32.3. The Labute approximate surface area is 752 Å². The van der Waals surface area contributed by atoms with Gasteiger partial charge in [-0.15, -0.1) is 10.2 Å². The number of ether oxygens (including phenoxy) is 1. The zero-order valence-electron chi connectivity index (χ0n) is 71.6. The van der Waals surface area contributed by atoms with Crippen LogP contribution in [0.3, 0.4) is 0 Å². The molecule has 5 fully saturated rings. The van der Waals surface area contributed by atoms with E-state index in [2.05, 4.69) is 124 Å². The third kappa shape index (κ3) is 18.8. The van der Waals surface area contributed by atoms with Crippen LogP contribution in [0.25, 0.3) is 45.7 Å². The van der Waals surface area contributed by atoms with E-state index in [0.29, 0.717) is 106 Å². The third-order valence-corrected chi connectivity index (χ3v) is 21.7. The maximum atomic E-state index is 13.3. The van der Waals surface area contributed by atoms with E-state index in [-0.39, 0.29) is 103 Å². The van der Waals surface area contributed by atoms with Gasteiger partial charge in [0, 0.05) is 127 Å². The van der Waals surface area contributed by atoms with Gasteiger partial charge in [0.25, 0.3) is 45.9 Å². The molecule has 0 radical (unpaired) electrons. The molecule has 5 aliphatic carbocycles. The van der Waals surface area contributed by atoms with Crippen LogP contribution >= 0.6 is 0 Å². The first kappa shape index (κ1) is 87.4. The molecule has 0 saturated heterocycles. The van der Waals surface area contributed by atoms with Crippen molar-refractivity contribution in [2.75, 3.05) is 77.3 Å². The van der Waals surface area contributed by atoms with Gasteiger partial charge < -0.3 is 68.5 Å². The summed E-state index contributed by atoms with van der Waals surface area (Å²) in [6.07, 6.45) is 16.8. The summed E-state index contributed by atoms with van der Waals surface area (Å²) in [5.74, 6) is 2.46. The number of halogens is 5. The molecule has 0 aliphatic heterocycles. The third-order valence-electron chi connectivity index (χ3n) is 21.7. The summed E-state index contributed by atoms with van der Waals surface area (Å²) in [4.78, 5) is 125. The number of nitrogens with zero attached hydrogens (tertiary/aromatic N) is 21. The SMILES string of the molecule is CCOc1ccc(-n2cccc(Nc3cc(NC)n4ncc(C(=O)N[C@H]5C[C@H]5F)c4n3)c2=O)nn1.CNc1cc(Nc2cccn(-c3ccc(F)cc3)c2=O)nc2c(C(=O)NC3CC3)cnn12.CNc1cc(Nc2cccn(-c3ccc(F)cn3)c2=O)nc2c(C(=O)N[C@H]3C[C@H]3F)cnn12.CNc1cc(Nc2cccn(-c3ccn(C4CC4)n3)c2=O)nc2c(C(=O)N[C@H]3C[C@H]3F)cnn12. The molecular formula is C87H82F5N33O9. The highest BCUT2D eigenvalue weighted by molar-refractivity contribution is 6.03. The second-order valence-corrected chi connectivity index (χ2v) is 31.3. The van der Waals surface area contributed by atoms with Crippen molar-refractivity contribution >= 4 is 116 Å². The van der Waals surface area contributed by atoms with E-state index in [1.54, 1.807) is 132 Å². The van der Waals surface area contributed by atoms with E-state index < -0.39 is 65.7 Å². The number of benzene rings is 1. The number of pyridine rings is 5. The molecule has 5 aliphatic rings. The molecule has 134 heavy (non-hydrogen) atoms.